The molecular weight excluding hydrogens is 312 g/mol. The fourth-order valence-electron chi connectivity index (χ4n) is 2.39. The van der Waals surface area contributed by atoms with Crippen LogP contribution in [-0.2, 0) is 0 Å². The highest BCUT2D eigenvalue weighted by Crippen LogP contribution is 2.24. The van der Waals surface area contributed by atoms with E-state index < -0.39 is 0 Å². The van der Waals surface area contributed by atoms with E-state index in [1.165, 1.54) is 22.7 Å². The van der Waals surface area contributed by atoms with Crippen molar-refractivity contribution >= 4 is 54.2 Å². The molecule has 0 fully saturated rings. The Morgan fingerprint density at radius 1 is 0.864 bits per heavy atom. The van der Waals surface area contributed by atoms with Crippen LogP contribution in [0, 0.1) is 35.8 Å². The number of hydrogen-bond acceptors (Lipinski definition) is 4. The van der Waals surface area contributed by atoms with Gasteiger partial charge in [0.15, 0.2) is 0 Å². The third kappa shape index (κ3) is 1.77. The third-order valence-electron chi connectivity index (χ3n) is 3.23. The van der Waals surface area contributed by atoms with E-state index in [1.54, 1.807) is 0 Å². The van der Waals surface area contributed by atoms with Gasteiger partial charge in [-0.2, -0.15) is 0 Å². The number of thiophene rings is 2. The number of benzene rings is 1. The number of fused-ring (bicyclic) bond motifs is 2. The molecule has 4 nitrogen and oxygen atoms in total. The summed E-state index contributed by atoms with van der Waals surface area (Å²) in [6.45, 7) is 14.5. The zero-order chi connectivity index (χ0) is 15.7. The van der Waals surface area contributed by atoms with Gasteiger partial charge < -0.3 is 0 Å². The summed E-state index contributed by atoms with van der Waals surface area (Å²) < 4.78 is 1.54. The summed E-state index contributed by atoms with van der Waals surface area (Å²) >= 11 is 2.82. The van der Waals surface area contributed by atoms with Crippen LogP contribution in [0.4, 0.5) is 0 Å². The molecule has 3 aromatic rings. The van der Waals surface area contributed by atoms with E-state index >= 15 is 0 Å². The molecule has 0 unspecified atom stereocenters. The zero-order valence-electron chi connectivity index (χ0n) is 10.9. The molecule has 0 aliphatic carbocycles. The van der Waals surface area contributed by atoms with Crippen molar-refractivity contribution < 1.29 is 0 Å². The van der Waals surface area contributed by atoms with Crippen LogP contribution in [0.2, 0.25) is 0 Å². The summed E-state index contributed by atoms with van der Waals surface area (Å²) in [4.78, 5) is 6.67. The lowest BCUT2D eigenvalue weighted by Gasteiger charge is -2.00. The van der Waals surface area contributed by atoms with Gasteiger partial charge in [-0.25, -0.2) is 20.2 Å². The minimum absolute atomic E-state index is 0.0312. The topological polar surface area (TPSA) is 56.3 Å². The van der Waals surface area contributed by atoms with E-state index in [1.807, 2.05) is 35.0 Å². The number of nitrogens with zero attached hydrogens (tertiary/aromatic N) is 4. The molecule has 100 valence electrons. The minimum Gasteiger partial charge on any atom is -0.226 e. The molecule has 0 radical (unpaired) electrons. The van der Waals surface area contributed by atoms with E-state index in [4.69, 9.17) is 13.1 Å². The largest absolute Gasteiger partial charge is 0.271 e. The molecule has 0 aliphatic rings. The maximum Gasteiger partial charge on any atom is 0.271 e. The second kappa shape index (κ2) is 5.32. The van der Waals surface area contributed by atoms with Crippen molar-refractivity contribution in [2.45, 2.75) is 0 Å². The van der Waals surface area contributed by atoms with Gasteiger partial charge in [-0.1, -0.05) is 0 Å². The molecule has 3 rings (SSSR count). The molecule has 0 N–H and O–H groups in total. The van der Waals surface area contributed by atoms with E-state index in [0.717, 1.165) is 20.2 Å². The van der Waals surface area contributed by atoms with Gasteiger partial charge >= 0.3 is 0 Å². The van der Waals surface area contributed by atoms with Crippen LogP contribution in [0.15, 0.2) is 22.9 Å². The Labute approximate surface area is 133 Å². The quantitative estimate of drug-likeness (QED) is 0.598. The van der Waals surface area contributed by atoms with Crippen LogP contribution in [0.25, 0.3) is 41.3 Å². The molecule has 0 saturated carbocycles. The third-order valence-corrected chi connectivity index (χ3v) is 5.10. The van der Waals surface area contributed by atoms with E-state index in [9.17, 15) is 10.5 Å². The summed E-state index contributed by atoms with van der Waals surface area (Å²) in [5.41, 5.74) is 0.0624. The van der Waals surface area contributed by atoms with Crippen LogP contribution < -0.4 is 10.4 Å². The van der Waals surface area contributed by atoms with Gasteiger partial charge in [-0.15, -0.1) is 22.7 Å². The molecule has 0 amide bonds. The number of rotatable bonds is 0. The molecule has 2 heterocycles. The van der Waals surface area contributed by atoms with E-state index in [0.29, 0.717) is 10.4 Å². The lowest BCUT2D eigenvalue weighted by atomic mass is 10.1. The predicted octanol–water partition coefficient (Wildman–Crippen LogP) is 3.22. The molecule has 0 atom stereocenters. The first-order valence-electron chi connectivity index (χ1n) is 5.97. The van der Waals surface area contributed by atoms with Crippen molar-refractivity contribution in [1.82, 2.24) is 0 Å². The predicted molar refractivity (Wildman–Crippen MR) is 87.7 cm³/mol. The Morgan fingerprint density at radius 2 is 1.27 bits per heavy atom. The molecule has 22 heavy (non-hydrogen) atoms. The van der Waals surface area contributed by atoms with Gasteiger partial charge in [0.1, 0.15) is 0 Å². The Morgan fingerprint density at radius 3 is 1.59 bits per heavy atom. The van der Waals surface area contributed by atoms with Crippen LogP contribution in [0.3, 0.4) is 0 Å². The van der Waals surface area contributed by atoms with Crippen LogP contribution in [0.5, 0.6) is 0 Å². The van der Waals surface area contributed by atoms with Crippen LogP contribution in [-0.4, -0.2) is 0 Å². The lowest BCUT2D eigenvalue weighted by molar-refractivity contribution is 1.53. The fraction of sp³-hybridized carbons (Fsp3) is 0. The highest BCUT2D eigenvalue weighted by molar-refractivity contribution is 7.18. The second-order valence-electron chi connectivity index (χ2n) is 4.22. The molecule has 1 aromatic carbocycles. The fourth-order valence-corrected chi connectivity index (χ4v) is 4.31. The summed E-state index contributed by atoms with van der Waals surface area (Å²) in [6.07, 6.45) is 0. The second-order valence-corrected chi connectivity index (χ2v) is 6.05. The SMILES string of the molecule is [C-]#[N+]/C(C#N)=c1/c2ccsc2/c(=C(\C#N)[N+]#[C-])c2ccsc12. The number of hydrogen-bond donors (Lipinski definition) is 0. The van der Waals surface area contributed by atoms with Crippen molar-refractivity contribution in [3.63, 3.8) is 0 Å². The van der Waals surface area contributed by atoms with E-state index in [-0.39, 0.29) is 11.4 Å². The summed E-state index contributed by atoms with van der Waals surface area (Å²) in [7, 11) is 0. The lowest BCUT2D eigenvalue weighted by Crippen LogP contribution is -2.14. The van der Waals surface area contributed by atoms with Crippen molar-refractivity contribution in [3.05, 3.63) is 56.2 Å². The number of nitriles is 2. The van der Waals surface area contributed by atoms with Gasteiger partial charge in [0, 0.05) is 19.8 Å². The van der Waals surface area contributed by atoms with Crippen molar-refractivity contribution in [1.29, 1.82) is 10.5 Å². The maximum absolute atomic E-state index is 9.25. The van der Waals surface area contributed by atoms with Crippen molar-refractivity contribution in [3.8, 4) is 12.1 Å². The molecule has 2 aromatic heterocycles. The molecule has 0 saturated heterocycles. The molecule has 0 aliphatic heterocycles. The van der Waals surface area contributed by atoms with E-state index in [2.05, 4.69) is 9.69 Å². The summed E-state index contributed by atoms with van der Waals surface area (Å²) in [5, 5.41) is 24.9. The maximum atomic E-state index is 9.25. The van der Waals surface area contributed by atoms with Crippen LogP contribution >= 0.6 is 22.7 Å². The van der Waals surface area contributed by atoms with Gasteiger partial charge in [-0.3, -0.25) is 0 Å². The Kier molecular flexibility index (Phi) is 3.34. The summed E-state index contributed by atoms with van der Waals surface area (Å²) in [5.74, 6) is 0. The van der Waals surface area contributed by atoms with Gasteiger partial charge in [-0.05, 0) is 33.7 Å². The monoisotopic (exact) mass is 316 g/mol. The van der Waals surface area contributed by atoms with Gasteiger partial charge in [0.05, 0.1) is 25.3 Å². The van der Waals surface area contributed by atoms with Gasteiger partial charge in [0.25, 0.3) is 11.4 Å². The first-order chi connectivity index (χ1) is 10.8. The Hall–Kier alpha value is -3.16. The Balaban J connectivity index is 2.89. The van der Waals surface area contributed by atoms with Crippen LogP contribution in [0.1, 0.15) is 0 Å². The highest BCUT2D eigenvalue weighted by atomic mass is 32.1. The smallest absolute Gasteiger partial charge is 0.226 e. The molecule has 6 heteroatoms. The zero-order valence-corrected chi connectivity index (χ0v) is 12.5. The van der Waals surface area contributed by atoms with Gasteiger partial charge in [0.2, 0.25) is 0 Å². The normalized spacial score (nSPS) is 12.9. The highest BCUT2D eigenvalue weighted by Gasteiger charge is 2.13. The molecule has 0 bridgehead atoms. The van der Waals surface area contributed by atoms with Crippen molar-refractivity contribution in [2.24, 2.45) is 0 Å². The first kappa shape index (κ1) is 13.8. The Bertz CT molecular complexity index is 1030. The average molecular weight is 316 g/mol. The average Bonchev–Trinajstić information content (AvgIpc) is 3.19. The molecule has 0 spiro atoms. The standard InChI is InChI=1S/C16H4N4S2/c1-19-11(7-17)13-9-3-5-22-16(9)14(12(8-18)20-2)10-4-6-21-15(10)13/h3-6H/b13-11-,14-12+. The molecular formula is C16H4N4S2. The summed E-state index contributed by atoms with van der Waals surface area (Å²) in [6, 6.07) is 7.57. The van der Waals surface area contributed by atoms with Crippen molar-refractivity contribution in [2.75, 3.05) is 0 Å². The minimum atomic E-state index is 0.0312. The first-order valence-corrected chi connectivity index (χ1v) is 7.72.